The molecule has 9 heteroatoms. The molecule has 0 aliphatic carbocycles. The molecule has 32 heavy (non-hydrogen) atoms. The van der Waals surface area contributed by atoms with Gasteiger partial charge in [0.1, 0.15) is 5.75 Å². The van der Waals surface area contributed by atoms with Gasteiger partial charge < -0.3 is 34.3 Å². The molecule has 0 bridgehead atoms. The fraction of sp³-hybridized carbons (Fsp3) is 0.435. The highest BCUT2D eigenvalue weighted by atomic mass is 127. The van der Waals surface area contributed by atoms with Crippen molar-refractivity contribution in [2.24, 2.45) is 4.99 Å². The summed E-state index contributed by atoms with van der Waals surface area (Å²) in [5, 5.41) is 6.54. The number of guanidine groups is 1. The van der Waals surface area contributed by atoms with E-state index in [1.54, 1.807) is 28.4 Å². The first kappa shape index (κ1) is 27.6. The largest absolute Gasteiger partial charge is 0.493 e. The smallest absolute Gasteiger partial charge is 0.203 e. The van der Waals surface area contributed by atoms with Gasteiger partial charge in [0.15, 0.2) is 17.5 Å². The summed E-state index contributed by atoms with van der Waals surface area (Å²) in [6, 6.07) is 11.6. The summed E-state index contributed by atoms with van der Waals surface area (Å²) in [6.45, 7) is 4.53. The third-order valence-electron chi connectivity index (χ3n) is 4.35. The first-order valence-corrected chi connectivity index (χ1v) is 10.2. The zero-order chi connectivity index (χ0) is 22.5. The van der Waals surface area contributed by atoms with Crippen LogP contribution in [0.25, 0.3) is 0 Å². The van der Waals surface area contributed by atoms with Crippen molar-refractivity contribution >= 4 is 35.6 Å². The minimum Gasteiger partial charge on any atom is -0.493 e. The molecule has 0 aliphatic rings. The van der Waals surface area contributed by atoms with Crippen LogP contribution in [0.5, 0.6) is 23.0 Å². The molecule has 0 unspecified atom stereocenters. The second kappa shape index (κ2) is 15.4. The number of rotatable bonds is 12. The Labute approximate surface area is 207 Å². The standard InChI is InChI=1S/C23H33N3O5.HI/c1-6-24-23(26-18-14-20(28-3)22(30-5)21(15-18)29-4)25-16-17-9-7-10-19(13-17)31-12-8-11-27-2;/h7,9-10,13-15H,6,8,11-12,16H2,1-5H3,(H2,24,25,26);1H. The van der Waals surface area contributed by atoms with Gasteiger partial charge in [-0.2, -0.15) is 0 Å². The van der Waals surface area contributed by atoms with Crippen LogP contribution in [0.3, 0.4) is 0 Å². The molecular formula is C23H34IN3O5. The lowest BCUT2D eigenvalue weighted by Crippen LogP contribution is -2.30. The molecular weight excluding hydrogens is 525 g/mol. The van der Waals surface area contributed by atoms with Gasteiger partial charge in [-0.1, -0.05) is 12.1 Å². The van der Waals surface area contributed by atoms with Crippen LogP contribution in [0.4, 0.5) is 5.69 Å². The van der Waals surface area contributed by atoms with Crippen molar-refractivity contribution in [1.82, 2.24) is 5.32 Å². The summed E-state index contributed by atoms with van der Waals surface area (Å²) < 4.78 is 27.0. The van der Waals surface area contributed by atoms with Crippen molar-refractivity contribution in [2.75, 3.05) is 53.5 Å². The van der Waals surface area contributed by atoms with Crippen molar-refractivity contribution in [3.63, 3.8) is 0 Å². The van der Waals surface area contributed by atoms with Gasteiger partial charge in [-0.05, 0) is 24.6 Å². The van der Waals surface area contributed by atoms with Crippen molar-refractivity contribution in [3.05, 3.63) is 42.0 Å². The van der Waals surface area contributed by atoms with Crippen LogP contribution < -0.4 is 29.6 Å². The second-order valence-corrected chi connectivity index (χ2v) is 6.58. The molecule has 0 fully saturated rings. The second-order valence-electron chi connectivity index (χ2n) is 6.58. The van der Waals surface area contributed by atoms with E-state index in [1.165, 1.54) is 0 Å². The maximum atomic E-state index is 5.77. The van der Waals surface area contributed by atoms with Gasteiger partial charge in [0.05, 0.1) is 34.5 Å². The number of nitrogens with zero attached hydrogens (tertiary/aromatic N) is 1. The van der Waals surface area contributed by atoms with E-state index >= 15 is 0 Å². The monoisotopic (exact) mass is 559 g/mol. The number of benzene rings is 2. The van der Waals surface area contributed by atoms with Crippen LogP contribution in [-0.4, -0.2) is 54.2 Å². The molecule has 0 aliphatic heterocycles. The van der Waals surface area contributed by atoms with Crippen molar-refractivity contribution in [1.29, 1.82) is 0 Å². The normalized spacial score (nSPS) is 10.7. The first-order chi connectivity index (χ1) is 15.1. The fourth-order valence-corrected chi connectivity index (χ4v) is 2.89. The minimum absolute atomic E-state index is 0. The van der Waals surface area contributed by atoms with Crippen LogP contribution in [0.1, 0.15) is 18.9 Å². The quantitative estimate of drug-likeness (QED) is 0.174. The number of methoxy groups -OCH3 is 4. The Hall–Kier alpha value is -2.40. The average molecular weight is 559 g/mol. The first-order valence-electron chi connectivity index (χ1n) is 10.2. The number of nitrogens with one attached hydrogen (secondary N) is 2. The third kappa shape index (κ3) is 8.62. The summed E-state index contributed by atoms with van der Waals surface area (Å²) in [6.07, 6.45) is 0.849. The number of hydrogen-bond donors (Lipinski definition) is 2. The predicted octanol–water partition coefficient (Wildman–Crippen LogP) is 4.32. The summed E-state index contributed by atoms with van der Waals surface area (Å²) in [5.41, 5.74) is 1.82. The molecule has 0 spiro atoms. The van der Waals surface area contributed by atoms with E-state index in [-0.39, 0.29) is 24.0 Å². The molecule has 0 saturated heterocycles. The van der Waals surface area contributed by atoms with Gasteiger partial charge >= 0.3 is 0 Å². The van der Waals surface area contributed by atoms with Gasteiger partial charge in [0.2, 0.25) is 5.75 Å². The summed E-state index contributed by atoms with van der Waals surface area (Å²) >= 11 is 0. The minimum atomic E-state index is 0. The number of anilines is 1. The number of halogens is 1. The molecule has 0 saturated carbocycles. The summed E-state index contributed by atoms with van der Waals surface area (Å²) in [4.78, 5) is 4.69. The molecule has 0 heterocycles. The molecule has 8 nitrogen and oxygen atoms in total. The van der Waals surface area contributed by atoms with Gasteiger partial charge in [-0.15, -0.1) is 24.0 Å². The molecule has 2 aromatic carbocycles. The molecule has 2 N–H and O–H groups in total. The molecule has 0 aromatic heterocycles. The Morgan fingerprint density at radius 3 is 2.25 bits per heavy atom. The number of hydrogen-bond acceptors (Lipinski definition) is 6. The van der Waals surface area contributed by atoms with Gasteiger partial charge in [-0.3, -0.25) is 0 Å². The lowest BCUT2D eigenvalue weighted by Gasteiger charge is -2.16. The predicted molar refractivity (Wildman–Crippen MR) is 138 cm³/mol. The maximum absolute atomic E-state index is 5.77. The van der Waals surface area contributed by atoms with Gasteiger partial charge in [0.25, 0.3) is 0 Å². The van der Waals surface area contributed by atoms with E-state index in [9.17, 15) is 0 Å². The lowest BCUT2D eigenvalue weighted by atomic mass is 10.2. The highest BCUT2D eigenvalue weighted by Gasteiger charge is 2.14. The lowest BCUT2D eigenvalue weighted by molar-refractivity contribution is 0.172. The van der Waals surface area contributed by atoms with E-state index in [0.29, 0.717) is 43.0 Å². The van der Waals surface area contributed by atoms with Crippen LogP contribution in [-0.2, 0) is 11.3 Å². The zero-order valence-electron chi connectivity index (χ0n) is 19.4. The Kier molecular flexibility index (Phi) is 13.3. The highest BCUT2D eigenvalue weighted by molar-refractivity contribution is 14.0. The fourth-order valence-electron chi connectivity index (χ4n) is 2.89. The highest BCUT2D eigenvalue weighted by Crippen LogP contribution is 2.39. The maximum Gasteiger partial charge on any atom is 0.203 e. The van der Waals surface area contributed by atoms with Crippen LogP contribution >= 0.6 is 24.0 Å². The molecule has 0 amide bonds. The van der Waals surface area contributed by atoms with E-state index in [4.69, 9.17) is 23.7 Å². The average Bonchev–Trinajstić information content (AvgIpc) is 2.80. The molecule has 2 rings (SSSR count). The molecule has 178 valence electrons. The van der Waals surface area contributed by atoms with Crippen molar-refractivity contribution in [3.8, 4) is 23.0 Å². The van der Waals surface area contributed by atoms with Gasteiger partial charge in [-0.25, -0.2) is 4.99 Å². The number of ether oxygens (including phenoxy) is 5. The van der Waals surface area contributed by atoms with E-state index < -0.39 is 0 Å². The van der Waals surface area contributed by atoms with Crippen molar-refractivity contribution in [2.45, 2.75) is 19.9 Å². The van der Waals surface area contributed by atoms with Crippen LogP contribution in [0.15, 0.2) is 41.4 Å². The zero-order valence-corrected chi connectivity index (χ0v) is 21.7. The SMILES string of the molecule is CCNC(=NCc1cccc(OCCCOC)c1)Nc1cc(OC)c(OC)c(OC)c1.I. The van der Waals surface area contributed by atoms with Crippen molar-refractivity contribution < 1.29 is 23.7 Å². The van der Waals surface area contributed by atoms with Gasteiger partial charge in [0, 0.05) is 44.5 Å². The Bertz CT molecular complexity index is 823. The third-order valence-corrected chi connectivity index (χ3v) is 4.35. The topological polar surface area (TPSA) is 82.6 Å². The van der Waals surface area contributed by atoms with E-state index in [2.05, 4.69) is 15.6 Å². The van der Waals surface area contributed by atoms with E-state index in [0.717, 1.165) is 30.0 Å². The van der Waals surface area contributed by atoms with Crippen LogP contribution in [0, 0.1) is 0 Å². The Morgan fingerprint density at radius 1 is 0.938 bits per heavy atom. The number of aliphatic imine (C=N–C) groups is 1. The molecule has 2 aromatic rings. The molecule has 0 radical (unpaired) electrons. The Balaban J connectivity index is 0.00000512. The van der Waals surface area contributed by atoms with E-state index in [1.807, 2.05) is 43.3 Å². The summed E-state index contributed by atoms with van der Waals surface area (Å²) in [7, 11) is 6.44. The molecule has 0 atom stereocenters. The Morgan fingerprint density at radius 2 is 1.66 bits per heavy atom. The summed E-state index contributed by atoms with van der Waals surface area (Å²) in [5.74, 6) is 3.14. The van der Waals surface area contributed by atoms with Crippen LogP contribution in [0.2, 0.25) is 0 Å².